The van der Waals surface area contributed by atoms with E-state index in [0.717, 1.165) is 22.9 Å². The molecule has 0 spiro atoms. The number of nitrogens with zero attached hydrogens (tertiary/aromatic N) is 1. The first kappa shape index (κ1) is 25.8. The van der Waals surface area contributed by atoms with E-state index in [1.807, 2.05) is 32.0 Å². The molecule has 1 amide bonds. The molecule has 0 aliphatic heterocycles. The van der Waals surface area contributed by atoms with Crippen LogP contribution in [0, 0.1) is 24.0 Å². The first-order chi connectivity index (χ1) is 14.8. The van der Waals surface area contributed by atoms with Gasteiger partial charge in [0, 0.05) is 23.7 Å². The predicted molar refractivity (Wildman–Crippen MR) is 128 cm³/mol. The molecule has 0 unspecified atom stereocenters. The van der Waals surface area contributed by atoms with Gasteiger partial charge in [0.05, 0.1) is 14.7 Å². The fourth-order valence-corrected chi connectivity index (χ4v) is 5.41. The van der Waals surface area contributed by atoms with Gasteiger partial charge in [-0.2, -0.15) is 0 Å². The van der Waals surface area contributed by atoms with Crippen LogP contribution in [0.5, 0.6) is 0 Å². The second-order valence-electron chi connectivity index (χ2n) is 8.51. The number of hydrogen-bond donors (Lipinski definition) is 2. The minimum absolute atomic E-state index is 0.118. The first-order valence-electron chi connectivity index (χ1n) is 10.1. The molecule has 0 aliphatic rings. The van der Waals surface area contributed by atoms with Crippen LogP contribution >= 0.6 is 11.8 Å². The Morgan fingerprint density at radius 2 is 1.75 bits per heavy atom. The number of hydrogen-bond acceptors (Lipinski definition) is 6. The summed E-state index contributed by atoms with van der Waals surface area (Å²) in [6, 6.07) is 9.66. The van der Waals surface area contributed by atoms with Gasteiger partial charge in [0.2, 0.25) is 15.9 Å². The average Bonchev–Trinajstić information content (AvgIpc) is 2.66. The fourth-order valence-electron chi connectivity index (χ4n) is 3.02. The number of amides is 1. The van der Waals surface area contributed by atoms with Gasteiger partial charge in [-0.3, -0.25) is 14.9 Å². The summed E-state index contributed by atoms with van der Waals surface area (Å²) < 4.78 is 27.5. The van der Waals surface area contributed by atoms with E-state index in [2.05, 4.69) is 10.0 Å². The van der Waals surface area contributed by atoms with Crippen LogP contribution in [-0.4, -0.2) is 30.5 Å². The molecular formula is C22H29N3O5S2. The van der Waals surface area contributed by atoms with Gasteiger partial charge in [-0.05, 0) is 70.1 Å². The average molecular weight is 480 g/mol. The minimum Gasteiger partial charge on any atom is -0.326 e. The molecule has 0 radical (unpaired) electrons. The lowest BCUT2D eigenvalue weighted by atomic mass is 10.1. The monoisotopic (exact) mass is 479 g/mol. The van der Waals surface area contributed by atoms with E-state index in [9.17, 15) is 23.3 Å². The first-order valence-corrected chi connectivity index (χ1v) is 12.6. The molecule has 2 rings (SSSR count). The number of para-hydroxylation sites is 1. The smallest absolute Gasteiger partial charge is 0.284 e. The molecule has 2 N–H and O–H groups in total. The van der Waals surface area contributed by atoms with Crippen molar-refractivity contribution < 1.29 is 18.1 Å². The van der Waals surface area contributed by atoms with Gasteiger partial charge in [-0.25, -0.2) is 13.1 Å². The maximum absolute atomic E-state index is 12.5. The van der Waals surface area contributed by atoms with Crippen LogP contribution in [0.3, 0.4) is 0 Å². The number of carbonyl (C=O) groups excluding carboxylic acids is 1. The summed E-state index contributed by atoms with van der Waals surface area (Å²) in [5, 5.41) is 14.4. The number of rotatable bonds is 9. The van der Waals surface area contributed by atoms with Crippen molar-refractivity contribution in [3.05, 3.63) is 57.6 Å². The highest BCUT2D eigenvalue weighted by Gasteiger charge is 2.25. The van der Waals surface area contributed by atoms with Crippen LogP contribution in [0.2, 0.25) is 0 Å². The molecule has 0 saturated carbocycles. The number of thioether (sulfide) groups is 1. The zero-order valence-electron chi connectivity index (χ0n) is 18.9. The third-order valence-corrected chi connectivity index (χ3v) is 7.33. The van der Waals surface area contributed by atoms with Crippen molar-refractivity contribution in [1.29, 1.82) is 0 Å². The molecule has 0 saturated heterocycles. The Morgan fingerprint density at radius 3 is 2.31 bits per heavy atom. The van der Waals surface area contributed by atoms with Crippen LogP contribution in [0.25, 0.3) is 0 Å². The fraction of sp³-hybridized carbons (Fsp3) is 0.409. The second kappa shape index (κ2) is 10.5. The molecule has 8 nitrogen and oxygen atoms in total. The maximum Gasteiger partial charge on any atom is 0.284 e. The summed E-state index contributed by atoms with van der Waals surface area (Å²) in [5.74, 6) is 0.361. The number of carbonyl (C=O) groups is 1. The number of nitro benzene ring substituents is 1. The van der Waals surface area contributed by atoms with Crippen LogP contribution in [0.1, 0.15) is 44.7 Å². The van der Waals surface area contributed by atoms with E-state index in [1.165, 1.54) is 23.9 Å². The number of sulfonamides is 1. The van der Waals surface area contributed by atoms with E-state index in [-0.39, 0.29) is 22.9 Å². The van der Waals surface area contributed by atoms with Crippen LogP contribution in [-0.2, 0) is 14.8 Å². The number of nitro groups is 1. The summed E-state index contributed by atoms with van der Waals surface area (Å²) >= 11 is 1.23. The summed E-state index contributed by atoms with van der Waals surface area (Å²) in [7, 11) is -3.88. The van der Waals surface area contributed by atoms with E-state index < -0.39 is 20.5 Å². The maximum atomic E-state index is 12.5. The Kier molecular flexibility index (Phi) is 8.44. The quantitative estimate of drug-likeness (QED) is 0.231. The van der Waals surface area contributed by atoms with Crippen molar-refractivity contribution in [3.8, 4) is 0 Å². The van der Waals surface area contributed by atoms with Crippen molar-refractivity contribution in [3.63, 3.8) is 0 Å². The Labute approximate surface area is 193 Å². The number of anilines is 1. The molecule has 174 valence electrons. The summed E-state index contributed by atoms with van der Waals surface area (Å²) in [5.41, 5.74) is 1.80. The van der Waals surface area contributed by atoms with Crippen LogP contribution < -0.4 is 10.0 Å². The van der Waals surface area contributed by atoms with E-state index in [1.54, 1.807) is 20.8 Å². The lowest BCUT2D eigenvalue weighted by molar-refractivity contribution is -0.388. The zero-order valence-corrected chi connectivity index (χ0v) is 20.5. The highest BCUT2D eigenvalue weighted by molar-refractivity contribution is 7.99. The molecule has 2 aromatic carbocycles. The van der Waals surface area contributed by atoms with Gasteiger partial charge in [0.15, 0.2) is 0 Å². The minimum atomic E-state index is -3.88. The standard InChI is InChI=1S/C22H29N3O5S2/c1-15-8-6-9-16(2)21(15)23-20(26)10-7-13-31-19-12-11-17(14-18(19)25(27)28)32(29,30)24-22(3,4)5/h6,8-9,11-12,14,24H,7,10,13H2,1-5H3,(H,23,26). The number of benzene rings is 2. The van der Waals surface area contributed by atoms with Crippen LogP contribution in [0.15, 0.2) is 46.2 Å². The predicted octanol–water partition coefficient (Wildman–Crippen LogP) is 4.80. The van der Waals surface area contributed by atoms with Gasteiger partial charge in [0.25, 0.3) is 5.69 Å². The topological polar surface area (TPSA) is 118 Å². The SMILES string of the molecule is Cc1cccc(C)c1NC(=O)CCCSc1ccc(S(=O)(=O)NC(C)(C)C)cc1[N+](=O)[O-]. The molecule has 0 aliphatic carbocycles. The molecule has 0 heterocycles. The summed E-state index contributed by atoms with van der Waals surface area (Å²) in [6.07, 6.45) is 0.792. The molecular weight excluding hydrogens is 450 g/mol. The Morgan fingerprint density at radius 1 is 1.12 bits per heavy atom. The molecule has 0 atom stereocenters. The van der Waals surface area contributed by atoms with Crippen molar-refractivity contribution in [2.24, 2.45) is 0 Å². The van der Waals surface area contributed by atoms with Crippen molar-refractivity contribution >= 4 is 39.1 Å². The van der Waals surface area contributed by atoms with Gasteiger partial charge >= 0.3 is 0 Å². The molecule has 2 aromatic rings. The molecule has 0 aromatic heterocycles. The third kappa shape index (κ3) is 7.32. The Bertz CT molecular complexity index is 1090. The van der Waals surface area contributed by atoms with Crippen molar-refractivity contribution in [1.82, 2.24) is 4.72 Å². The Balaban J connectivity index is 2.01. The van der Waals surface area contributed by atoms with Gasteiger partial charge in [-0.15, -0.1) is 11.8 Å². The van der Waals surface area contributed by atoms with Gasteiger partial charge in [0.1, 0.15) is 0 Å². The van der Waals surface area contributed by atoms with Gasteiger partial charge in [-0.1, -0.05) is 18.2 Å². The van der Waals surface area contributed by atoms with E-state index >= 15 is 0 Å². The van der Waals surface area contributed by atoms with Crippen molar-refractivity contribution in [2.75, 3.05) is 11.1 Å². The lowest BCUT2D eigenvalue weighted by Gasteiger charge is -2.20. The molecule has 10 heteroatoms. The van der Waals surface area contributed by atoms with E-state index in [4.69, 9.17) is 0 Å². The van der Waals surface area contributed by atoms with Crippen LogP contribution in [0.4, 0.5) is 11.4 Å². The zero-order chi connectivity index (χ0) is 24.1. The van der Waals surface area contributed by atoms with E-state index in [0.29, 0.717) is 17.1 Å². The second-order valence-corrected chi connectivity index (χ2v) is 11.3. The molecule has 0 fully saturated rings. The Hall–Kier alpha value is -2.43. The summed E-state index contributed by atoms with van der Waals surface area (Å²) in [6.45, 7) is 8.94. The number of nitrogens with one attached hydrogen (secondary N) is 2. The number of aryl methyl sites for hydroxylation is 2. The molecule has 32 heavy (non-hydrogen) atoms. The third-order valence-electron chi connectivity index (χ3n) is 4.43. The highest BCUT2D eigenvalue weighted by Crippen LogP contribution is 2.32. The highest BCUT2D eigenvalue weighted by atomic mass is 32.2. The lowest BCUT2D eigenvalue weighted by Crippen LogP contribution is -2.40. The largest absolute Gasteiger partial charge is 0.326 e. The summed E-state index contributed by atoms with van der Waals surface area (Å²) in [4.78, 5) is 23.4. The molecule has 0 bridgehead atoms. The van der Waals surface area contributed by atoms with Gasteiger partial charge < -0.3 is 5.32 Å². The normalized spacial score (nSPS) is 11.9. The van der Waals surface area contributed by atoms with Crippen molar-refractivity contribution in [2.45, 2.75) is 62.8 Å².